The van der Waals surface area contributed by atoms with Crippen molar-refractivity contribution in [1.82, 2.24) is 5.34 Å². The first-order valence-corrected chi connectivity index (χ1v) is 1.77. The molecule has 0 rings (SSSR count). The van der Waals surface area contributed by atoms with E-state index in [1.54, 1.807) is 0 Å². The van der Waals surface area contributed by atoms with Crippen LogP contribution >= 0.6 is 0 Å². The standard InChI is InChI=1S/C2F6N2/c3-1(9-6)2(4,5)10(7)8/b9-1-. The Morgan fingerprint density at radius 2 is 1.70 bits per heavy atom. The number of alkyl halides is 2. The Balaban J connectivity index is 4.40. The molecule has 0 aliphatic heterocycles. The monoisotopic (exact) mass is 166 g/mol. The Morgan fingerprint density at radius 3 is 1.80 bits per heavy atom. The van der Waals surface area contributed by atoms with E-state index < -0.39 is 17.4 Å². The van der Waals surface area contributed by atoms with E-state index in [2.05, 4.69) is 0 Å². The second-order valence-electron chi connectivity index (χ2n) is 1.15. The molecule has 0 atom stereocenters. The van der Waals surface area contributed by atoms with E-state index in [-0.39, 0.29) is 0 Å². The molecule has 0 saturated carbocycles. The molecule has 0 spiro atoms. The van der Waals surface area contributed by atoms with Gasteiger partial charge in [0.2, 0.25) is 0 Å². The number of nitrogens with zero attached hydrogens (tertiary/aromatic N) is 2. The van der Waals surface area contributed by atoms with Crippen LogP contribution in [-0.2, 0) is 0 Å². The average molecular weight is 166 g/mol. The van der Waals surface area contributed by atoms with E-state index in [0.717, 1.165) is 5.21 Å². The summed E-state index contributed by atoms with van der Waals surface area (Å²) in [5, 5.41) is -2.03. The second-order valence-corrected chi connectivity index (χ2v) is 1.15. The van der Waals surface area contributed by atoms with Crippen molar-refractivity contribution < 1.29 is 26.6 Å². The van der Waals surface area contributed by atoms with Gasteiger partial charge in [-0.1, -0.05) is 18.7 Å². The Labute approximate surface area is 50.6 Å². The molecule has 0 heterocycles. The van der Waals surface area contributed by atoms with Crippen LogP contribution in [-0.4, -0.2) is 17.4 Å². The molecule has 0 radical (unpaired) electrons. The summed E-state index contributed by atoms with van der Waals surface area (Å²) in [6.45, 7) is 0. The van der Waals surface area contributed by atoms with Crippen LogP contribution in [0.25, 0.3) is 0 Å². The highest BCUT2D eigenvalue weighted by molar-refractivity contribution is 5.80. The first-order chi connectivity index (χ1) is 4.42. The minimum absolute atomic E-state index is 0.760. The van der Waals surface area contributed by atoms with Crippen LogP contribution in [0.15, 0.2) is 5.21 Å². The lowest BCUT2D eigenvalue weighted by molar-refractivity contribution is -0.301. The number of hydrogen-bond acceptors (Lipinski definition) is 2. The summed E-state index contributed by atoms with van der Waals surface area (Å²) in [6.07, 6.45) is 0. The fourth-order valence-corrected chi connectivity index (χ4v) is 0.121. The average Bonchev–Trinajstić information content (AvgIpc) is 1.86. The van der Waals surface area contributed by atoms with E-state index in [1.165, 1.54) is 0 Å². The third-order valence-corrected chi connectivity index (χ3v) is 0.535. The van der Waals surface area contributed by atoms with Crippen molar-refractivity contribution in [3.8, 4) is 0 Å². The van der Waals surface area contributed by atoms with Gasteiger partial charge >= 0.3 is 12.0 Å². The van der Waals surface area contributed by atoms with Crippen molar-refractivity contribution in [2.45, 2.75) is 6.05 Å². The molecule has 0 unspecified atom stereocenters. The molecule has 8 heteroatoms. The molecule has 0 bridgehead atoms. The van der Waals surface area contributed by atoms with Crippen molar-refractivity contribution in [2.75, 3.05) is 0 Å². The smallest absolute Gasteiger partial charge is 0.178 e. The van der Waals surface area contributed by atoms with E-state index in [0.29, 0.717) is 0 Å². The van der Waals surface area contributed by atoms with Gasteiger partial charge in [0, 0.05) is 0 Å². The Morgan fingerprint density at radius 1 is 1.30 bits per heavy atom. The fourth-order valence-electron chi connectivity index (χ4n) is 0.121. The van der Waals surface area contributed by atoms with Crippen molar-refractivity contribution >= 4 is 5.97 Å². The first-order valence-electron chi connectivity index (χ1n) is 1.77. The van der Waals surface area contributed by atoms with E-state index in [1.807, 2.05) is 0 Å². The van der Waals surface area contributed by atoms with Crippen LogP contribution in [0.2, 0.25) is 0 Å². The molecule has 0 aromatic rings. The van der Waals surface area contributed by atoms with Gasteiger partial charge in [0.15, 0.2) is 0 Å². The van der Waals surface area contributed by atoms with Crippen LogP contribution in [0.1, 0.15) is 0 Å². The molecular weight excluding hydrogens is 166 g/mol. The van der Waals surface area contributed by atoms with Gasteiger partial charge in [-0.2, -0.15) is 13.2 Å². The minimum Gasteiger partial charge on any atom is -0.178 e. The summed E-state index contributed by atoms with van der Waals surface area (Å²) in [7, 11) is 0. The van der Waals surface area contributed by atoms with Crippen molar-refractivity contribution in [1.29, 1.82) is 0 Å². The topological polar surface area (TPSA) is 15.6 Å². The van der Waals surface area contributed by atoms with Crippen LogP contribution in [0.5, 0.6) is 0 Å². The Bertz CT molecular complexity index is 141. The van der Waals surface area contributed by atoms with Crippen molar-refractivity contribution in [2.24, 2.45) is 5.21 Å². The highest BCUT2D eigenvalue weighted by atomic mass is 19.4. The predicted molar refractivity (Wildman–Crippen MR) is 18.7 cm³/mol. The highest BCUT2D eigenvalue weighted by Gasteiger charge is 2.47. The van der Waals surface area contributed by atoms with E-state index in [9.17, 15) is 26.6 Å². The van der Waals surface area contributed by atoms with E-state index >= 15 is 0 Å². The summed E-state index contributed by atoms with van der Waals surface area (Å²) in [5.41, 5.74) is 0. The number of halogens is 6. The van der Waals surface area contributed by atoms with Crippen LogP contribution < -0.4 is 0 Å². The molecule has 0 N–H and O–H groups in total. The molecule has 0 aromatic carbocycles. The van der Waals surface area contributed by atoms with Gasteiger partial charge in [0.05, 0.1) is 0 Å². The lowest BCUT2D eigenvalue weighted by atomic mass is 10.6. The first kappa shape index (κ1) is 9.21. The van der Waals surface area contributed by atoms with Gasteiger partial charge in [0.1, 0.15) is 5.34 Å². The summed E-state index contributed by atoms with van der Waals surface area (Å²) in [4.78, 5) is 0. The van der Waals surface area contributed by atoms with Crippen molar-refractivity contribution in [3.63, 3.8) is 0 Å². The molecule has 0 amide bonds. The summed E-state index contributed by atoms with van der Waals surface area (Å²) in [6, 6.07) is -5.28. The normalized spacial score (nSPS) is 14.5. The molecular formula is C2F6N2. The van der Waals surface area contributed by atoms with Crippen LogP contribution in [0.3, 0.4) is 0 Å². The van der Waals surface area contributed by atoms with Gasteiger partial charge < -0.3 is 0 Å². The van der Waals surface area contributed by atoms with Gasteiger partial charge in [0.25, 0.3) is 0 Å². The third kappa shape index (κ3) is 1.59. The predicted octanol–water partition coefficient (Wildman–Crippen LogP) is 1.90. The highest BCUT2D eigenvalue weighted by Crippen LogP contribution is 2.23. The second kappa shape index (κ2) is 2.86. The van der Waals surface area contributed by atoms with Gasteiger partial charge in [-0.15, -0.1) is 0 Å². The van der Waals surface area contributed by atoms with Crippen LogP contribution in [0, 0.1) is 0 Å². The SMILES string of the molecule is F/N=C(\F)C(F)(F)N(F)F. The van der Waals surface area contributed by atoms with Crippen molar-refractivity contribution in [3.05, 3.63) is 0 Å². The zero-order chi connectivity index (χ0) is 8.36. The fraction of sp³-hybridized carbons (Fsp3) is 0.500. The zero-order valence-electron chi connectivity index (χ0n) is 4.16. The summed E-state index contributed by atoms with van der Waals surface area (Å²) < 4.78 is 66.3. The molecule has 0 saturated heterocycles. The Kier molecular flexibility index (Phi) is 2.64. The maximum absolute atomic E-state index is 11.4. The zero-order valence-corrected chi connectivity index (χ0v) is 4.16. The lowest BCUT2D eigenvalue weighted by Gasteiger charge is -2.09. The van der Waals surface area contributed by atoms with Gasteiger partial charge in [-0.25, -0.2) is 0 Å². The minimum atomic E-state index is -5.28. The number of rotatable bonds is 2. The summed E-state index contributed by atoms with van der Waals surface area (Å²) >= 11 is 0. The van der Waals surface area contributed by atoms with Gasteiger partial charge in [-0.3, -0.25) is 0 Å². The molecule has 0 aromatic heterocycles. The molecule has 10 heavy (non-hydrogen) atoms. The largest absolute Gasteiger partial charge is 0.429 e. The van der Waals surface area contributed by atoms with Crippen LogP contribution in [0.4, 0.5) is 26.6 Å². The Hall–Kier alpha value is -0.790. The third-order valence-electron chi connectivity index (χ3n) is 0.535. The molecule has 0 fully saturated rings. The molecule has 0 aliphatic carbocycles. The maximum Gasteiger partial charge on any atom is 0.429 e. The maximum atomic E-state index is 11.4. The lowest BCUT2D eigenvalue weighted by Crippen LogP contribution is -2.36. The van der Waals surface area contributed by atoms with Gasteiger partial charge in [-0.05, 0) is 0 Å². The van der Waals surface area contributed by atoms with E-state index in [4.69, 9.17) is 0 Å². The quantitative estimate of drug-likeness (QED) is 0.264. The summed E-state index contributed by atoms with van der Waals surface area (Å²) in [5.74, 6) is -3.09. The molecule has 0 aliphatic rings. The molecule has 2 nitrogen and oxygen atoms in total. The number of hydrogen-bond donors (Lipinski definition) is 0. The molecule has 60 valence electrons.